The molecule has 0 spiro atoms. The van der Waals surface area contributed by atoms with E-state index in [0.717, 1.165) is 11.1 Å². The van der Waals surface area contributed by atoms with Crippen molar-refractivity contribution in [1.82, 2.24) is 9.88 Å². The molecular formula is C17H18ClN3O2. The zero-order valence-corrected chi connectivity index (χ0v) is 13.6. The Hall–Kier alpha value is -2.11. The summed E-state index contributed by atoms with van der Waals surface area (Å²) >= 11 is 6.35. The molecule has 1 aromatic carbocycles. The lowest BCUT2D eigenvalue weighted by Crippen LogP contribution is -2.40. The van der Waals surface area contributed by atoms with Gasteiger partial charge in [-0.05, 0) is 36.8 Å². The van der Waals surface area contributed by atoms with Gasteiger partial charge in [0.2, 0.25) is 0 Å². The van der Waals surface area contributed by atoms with Gasteiger partial charge in [0.15, 0.2) is 0 Å². The summed E-state index contributed by atoms with van der Waals surface area (Å²) in [6.07, 6.45) is 1.70. The van der Waals surface area contributed by atoms with E-state index < -0.39 is 0 Å². The maximum Gasteiger partial charge on any atom is 0.254 e. The largest absolute Gasteiger partial charge is 0.399 e. The van der Waals surface area contributed by atoms with Crippen molar-refractivity contribution >= 4 is 23.2 Å². The number of morpholine rings is 1. The van der Waals surface area contributed by atoms with E-state index in [-0.39, 0.29) is 5.91 Å². The van der Waals surface area contributed by atoms with Gasteiger partial charge < -0.3 is 15.4 Å². The first-order valence-corrected chi connectivity index (χ1v) is 7.83. The highest BCUT2D eigenvalue weighted by Gasteiger charge is 2.20. The summed E-state index contributed by atoms with van der Waals surface area (Å²) in [7, 11) is 0. The molecule has 2 N–H and O–H groups in total. The van der Waals surface area contributed by atoms with Crippen LogP contribution in [-0.4, -0.2) is 42.1 Å². The number of carbonyl (C=O) groups excluding carboxylic acids is 1. The zero-order chi connectivity index (χ0) is 16.4. The SMILES string of the molecule is Cc1ccnc(-c2cc(N)cc(C(=O)N3CCOCC3)c2)c1Cl. The van der Waals surface area contributed by atoms with Crippen molar-refractivity contribution in [2.45, 2.75) is 6.92 Å². The van der Waals surface area contributed by atoms with E-state index in [1.54, 1.807) is 29.3 Å². The summed E-state index contributed by atoms with van der Waals surface area (Å²) in [6.45, 7) is 4.22. The van der Waals surface area contributed by atoms with Crippen molar-refractivity contribution in [3.63, 3.8) is 0 Å². The molecule has 23 heavy (non-hydrogen) atoms. The number of halogens is 1. The van der Waals surface area contributed by atoms with Crippen LogP contribution in [0, 0.1) is 6.92 Å². The van der Waals surface area contributed by atoms with E-state index in [0.29, 0.717) is 48.3 Å². The molecule has 1 aromatic heterocycles. The molecule has 5 nitrogen and oxygen atoms in total. The molecule has 1 fully saturated rings. The Balaban J connectivity index is 1.99. The number of benzene rings is 1. The fourth-order valence-electron chi connectivity index (χ4n) is 2.60. The van der Waals surface area contributed by atoms with Gasteiger partial charge in [0, 0.05) is 36.1 Å². The summed E-state index contributed by atoms with van der Waals surface area (Å²) in [5.41, 5.74) is 9.35. The first-order chi connectivity index (χ1) is 11.1. The smallest absolute Gasteiger partial charge is 0.254 e. The molecule has 1 saturated heterocycles. The minimum Gasteiger partial charge on any atom is -0.399 e. The Labute approximate surface area is 140 Å². The Morgan fingerprint density at radius 3 is 2.78 bits per heavy atom. The number of rotatable bonds is 2. The highest BCUT2D eigenvalue weighted by atomic mass is 35.5. The number of nitrogens with two attached hydrogens (primary N) is 1. The molecule has 0 aliphatic carbocycles. The molecule has 1 aliphatic rings. The summed E-state index contributed by atoms with van der Waals surface area (Å²) in [5, 5.41) is 0.572. The molecule has 0 saturated carbocycles. The van der Waals surface area contributed by atoms with Gasteiger partial charge in [-0.25, -0.2) is 0 Å². The van der Waals surface area contributed by atoms with Crippen LogP contribution in [0.3, 0.4) is 0 Å². The van der Waals surface area contributed by atoms with Crippen molar-refractivity contribution in [1.29, 1.82) is 0 Å². The monoisotopic (exact) mass is 331 g/mol. The molecule has 1 amide bonds. The van der Waals surface area contributed by atoms with Crippen LogP contribution in [0.2, 0.25) is 5.02 Å². The normalized spacial score (nSPS) is 14.8. The number of aryl methyl sites for hydroxylation is 1. The van der Waals surface area contributed by atoms with Gasteiger partial charge in [-0.15, -0.1) is 0 Å². The van der Waals surface area contributed by atoms with Gasteiger partial charge in [-0.2, -0.15) is 0 Å². The van der Waals surface area contributed by atoms with Gasteiger partial charge in [0.05, 0.1) is 23.9 Å². The minimum atomic E-state index is -0.0503. The Morgan fingerprint density at radius 1 is 1.30 bits per heavy atom. The first-order valence-electron chi connectivity index (χ1n) is 7.45. The van der Waals surface area contributed by atoms with Gasteiger partial charge in [0.25, 0.3) is 5.91 Å². The molecule has 0 radical (unpaired) electrons. The maximum atomic E-state index is 12.6. The van der Waals surface area contributed by atoms with Crippen molar-refractivity contribution in [3.8, 4) is 11.3 Å². The highest BCUT2D eigenvalue weighted by molar-refractivity contribution is 6.33. The molecule has 120 valence electrons. The molecule has 1 aliphatic heterocycles. The molecule has 6 heteroatoms. The molecule has 0 unspecified atom stereocenters. The summed E-state index contributed by atoms with van der Waals surface area (Å²) in [5.74, 6) is -0.0503. The number of nitrogens with zero attached hydrogens (tertiary/aromatic N) is 2. The molecular weight excluding hydrogens is 314 g/mol. The van der Waals surface area contributed by atoms with E-state index in [1.807, 2.05) is 13.0 Å². The Kier molecular flexibility index (Phi) is 4.50. The van der Waals surface area contributed by atoms with Crippen molar-refractivity contribution in [2.24, 2.45) is 0 Å². The Morgan fingerprint density at radius 2 is 2.04 bits per heavy atom. The van der Waals surface area contributed by atoms with Crippen LogP contribution in [0.25, 0.3) is 11.3 Å². The molecule has 2 aromatic rings. The number of nitrogen functional groups attached to an aromatic ring is 1. The third kappa shape index (κ3) is 3.30. The Bertz CT molecular complexity index is 743. The lowest BCUT2D eigenvalue weighted by atomic mass is 10.0. The molecule has 3 rings (SSSR count). The quantitative estimate of drug-likeness (QED) is 0.859. The van der Waals surface area contributed by atoms with Crippen LogP contribution in [0.5, 0.6) is 0 Å². The second-order valence-corrected chi connectivity index (χ2v) is 5.92. The minimum absolute atomic E-state index is 0.0503. The molecule has 0 atom stereocenters. The van der Waals surface area contributed by atoms with Gasteiger partial charge in [-0.1, -0.05) is 11.6 Å². The second kappa shape index (κ2) is 6.56. The third-order valence-corrected chi connectivity index (χ3v) is 4.33. The van der Waals surface area contributed by atoms with Crippen LogP contribution < -0.4 is 5.73 Å². The summed E-state index contributed by atoms with van der Waals surface area (Å²) in [4.78, 5) is 18.8. The molecule has 2 heterocycles. The number of ether oxygens (including phenoxy) is 1. The number of hydrogen-bond acceptors (Lipinski definition) is 4. The lowest BCUT2D eigenvalue weighted by Gasteiger charge is -2.27. The van der Waals surface area contributed by atoms with Crippen molar-refractivity contribution in [2.75, 3.05) is 32.0 Å². The number of anilines is 1. The number of hydrogen-bond donors (Lipinski definition) is 1. The van der Waals surface area contributed by atoms with Gasteiger partial charge >= 0.3 is 0 Å². The third-order valence-electron chi connectivity index (χ3n) is 3.86. The summed E-state index contributed by atoms with van der Waals surface area (Å²) < 4.78 is 5.29. The number of aromatic nitrogens is 1. The average Bonchev–Trinajstić information content (AvgIpc) is 2.57. The lowest BCUT2D eigenvalue weighted by molar-refractivity contribution is 0.0303. The number of amides is 1. The topological polar surface area (TPSA) is 68.5 Å². The average molecular weight is 332 g/mol. The predicted octanol–water partition coefficient (Wildman–Crippen LogP) is 2.77. The van der Waals surface area contributed by atoms with Crippen molar-refractivity contribution < 1.29 is 9.53 Å². The number of pyridine rings is 1. The van der Waals surface area contributed by atoms with Crippen LogP contribution in [0.1, 0.15) is 15.9 Å². The number of carbonyl (C=O) groups is 1. The fourth-order valence-corrected chi connectivity index (χ4v) is 2.82. The van der Waals surface area contributed by atoms with Crippen LogP contribution >= 0.6 is 11.6 Å². The molecule has 0 bridgehead atoms. The standard InChI is InChI=1S/C17H18ClN3O2/c1-11-2-3-20-16(15(11)18)12-8-13(10-14(19)9-12)17(22)21-4-6-23-7-5-21/h2-3,8-10H,4-7,19H2,1H3. The first kappa shape index (κ1) is 15.8. The van der Waals surface area contributed by atoms with E-state index in [9.17, 15) is 4.79 Å². The zero-order valence-electron chi connectivity index (χ0n) is 12.9. The van der Waals surface area contributed by atoms with E-state index in [1.165, 1.54) is 0 Å². The fraction of sp³-hybridized carbons (Fsp3) is 0.294. The predicted molar refractivity (Wildman–Crippen MR) is 90.6 cm³/mol. The second-order valence-electron chi connectivity index (χ2n) is 5.54. The van der Waals surface area contributed by atoms with Gasteiger partial charge in [-0.3, -0.25) is 9.78 Å². The van der Waals surface area contributed by atoms with E-state index in [2.05, 4.69) is 4.98 Å². The van der Waals surface area contributed by atoms with Crippen molar-refractivity contribution in [3.05, 3.63) is 46.6 Å². The summed E-state index contributed by atoms with van der Waals surface area (Å²) in [6, 6.07) is 7.11. The van der Waals surface area contributed by atoms with E-state index >= 15 is 0 Å². The van der Waals surface area contributed by atoms with Crippen LogP contribution in [0.15, 0.2) is 30.5 Å². The van der Waals surface area contributed by atoms with Crippen LogP contribution in [0.4, 0.5) is 5.69 Å². The maximum absolute atomic E-state index is 12.6. The van der Waals surface area contributed by atoms with E-state index in [4.69, 9.17) is 22.1 Å². The van der Waals surface area contributed by atoms with Crippen LogP contribution in [-0.2, 0) is 4.74 Å². The van der Waals surface area contributed by atoms with Gasteiger partial charge in [0.1, 0.15) is 0 Å². The highest BCUT2D eigenvalue weighted by Crippen LogP contribution is 2.30.